The van der Waals surface area contributed by atoms with Gasteiger partial charge in [0.2, 0.25) is 0 Å². The van der Waals surface area contributed by atoms with E-state index in [2.05, 4.69) is 12.2 Å². The summed E-state index contributed by atoms with van der Waals surface area (Å²) < 4.78 is 0. The Labute approximate surface area is 107 Å². The fourth-order valence-electron chi connectivity index (χ4n) is 3.92. The molecule has 0 radical (unpaired) electrons. The molecule has 0 saturated heterocycles. The Kier molecular flexibility index (Phi) is 3.47. The van der Waals surface area contributed by atoms with E-state index in [9.17, 15) is 0 Å². The first-order valence-electron chi connectivity index (χ1n) is 8.06. The van der Waals surface area contributed by atoms with Crippen molar-refractivity contribution < 1.29 is 0 Å². The topological polar surface area (TPSA) is 12.0 Å². The summed E-state index contributed by atoms with van der Waals surface area (Å²) in [4.78, 5) is 0. The van der Waals surface area contributed by atoms with E-state index in [0.29, 0.717) is 0 Å². The molecule has 3 fully saturated rings. The molecule has 3 aliphatic carbocycles. The number of hydrogen-bond acceptors (Lipinski definition) is 1. The van der Waals surface area contributed by atoms with Crippen molar-refractivity contribution in [2.75, 3.05) is 6.54 Å². The first-order chi connectivity index (χ1) is 8.32. The van der Waals surface area contributed by atoms with Crippen LogP contribution in [-0.4, -0.2) is 12.6 Å². The average molecular weight is 235 g/mol. The average Bonchev–Trinajstić information content (AvgIpc) is 3.21. The number of nitrogens with one attached hydrogen (secondary N) is 1. The molecule has 0 amide bonds. The fourth-order valence-corrected chi connectivity index (χ4v) is 3.92. The van der Waals surface area contributed by atoms with Crippen LogP contribution in [-0.2, 0) is 0 Å². The van der Waals surface area contributed by atoms with Gasteiger partial charge in [-0.2, -0.15) is 0 Å². The molecule has 0 aliphatic heterocycles. The van der Waals surface area contributed by atoms with Crippen molar-refractivity contribution in [2.24, 2.45) is 17.3 Å². The normalized spacial score (nSPS) is 36.5. The van der Waals surface area contributed by atoms with Crippen molar-refractivity contribution >= 4 is 0 Å². The molecule has 1 heteroatoms. The van der Waals surface area contributed by atoms with Gasteiger partial charge in [0.25, 0.3) is 0 Å². The van der Waals surface area contributed by atoms with E-state index in [0.717, 1.165) is 23.3 Å². The molecule has 2 unspecified atom stereocenters. The van der Waals surface area contributed by atoms with Gasteiger partial charge in [0.15, 0.2) is 0 Å². The SMILES string of the molecule is CCC1CCCC(NCC2(C3CC3)CC2)CC1. The van der Waals surface area contributed by atoms with Gasteiger partial charge in [-0.3, -0.25) is 0 Å². The highest BCUT2D eigenvalue weighted by Crippen LogP contribution is 2.60. The monoisotopic (exact) mass is 235 g/mol. The molecule has 1 nitrogen and oxygen atoms in total. The lowest BCUT2D eigenvalue weighted by atomic mass is 9.97. The van der Waals surface area contributed by atoms with E-state index in [1.54, 1.807) is 0 Å². The maximum Gasteiger partial charge on any atom is 0.00674 e. The van der Waals surface area contributed by atoms with E-state index < -0.39 is 0 Å². The van der Waals surface area contributed by atoms with Crippen LogP contribution in [0.4, 0.5) is 0 Å². The van der Waals surface area contributed by atoms with Crippen LogP contribution >= 0.6 is 0 Å². The molecule has 0 bridgehead atoms. The third-order valence-corrected chi connectivity index (χ3v) is 5.74. The highest BCUT2D eigenvalue weighted by Gasteiger charge is 2.53. The van der Waals surface area contributed by atoms with Gasteiger partial charge in [-0.25, -0.2) is 0 Å². The van der Waals surface area contributed by atoms with Gasteiger partial charge in [0, 0.05) is 12.6 Å². The predicted molar refractivity (Wildman–Crippen MR) is 73.0 cm³/mol. The Morgan fingerprint density at radius 2 is 1.82 bits per heavy atom. The van der Waals surface area contributed by atoms with E-state index >= 15 is 0 Å². The summed E-state index contributed by atoms with van der Waals surface area (Å²) >= 11 is 0. The van der Waals surface area contributed by atoms with Crippen LogP contribution in [0.5, 0.6) is 0 Å². The lowest BCUT2D eigenvalue weighted by molar-refractivity contribution is 0.351. The third kappa shape index (κ3) is 2.86. The minimum atomic E-state index is 0.788. The molecular weight excluding hydrogens is 206 g/mol. The molecule has 0 aromatic rings. The van der Waals surface area contributed by atoms with Crippen molar-refractivity contribution in [2.45, 2.75) is 77.2 Å². The van der Waals surface area contributed by atoms with Crippen molar-refractivity contribution in [3.63, 3.8) is 0 Å². The summed E-state index contributed by atoms with van der Waals surface area (Å²) in [5.41, 5.74) is 0.788. The lowest BCUT2D eigenvalue weighted by Crippen LogP contribution is -2.34. The van der Waals surface area contributed by atoms with E-state index in [4.69, 9.17) is 0 Å². The zero-order valence-corrected chi connectivity index (χ0v) is 11.5. The standard InChI is InChI=1S/C16H29N/c1-2-13-4-3-5-15(9-6-13)17-12-16(10-11-16)14-7-8-14/h13-15,17H,2-12H2,1H3. The Bertz CT molecular complexity index is 252. The summed E-state index contributed by atoms with van der Waals surface area (Å²) in [6, 6.07) is 0.850. The second kappa shape index (κ2) is 4.91. The second-order valence-corrected chi connectivity index (χ2v) is 7.00. The van der Waals surface area contributed by atoms with Gasteiger partial charge in [0.05, 0.1) is 0 Å². The van der Waals surface area contributed by atoms with E-state index in [1.165, 1.54) is 70.8 Å². The molecule has 0 spiro atoms. The van der Waals surface area contributed by atoms with Gasteiger partial charge in [0.1, 0.15) is 0 Å². The van der Waals surface area contributed by atoms with Crippen LogP contribution in [0.2, 0.25) is 0 Å². The first kappa shape index (κ1) is 12.0. The summed E-state index contributed by atoms with van der Waals surface area (Å²) in [6.07, 6.45) is 14.8. The van der Waals surface area contributed by atoms with Crippen LogP contribution in [0.1, 0.15) is 71.1 Å². The van der Waals surface area contributed by atoms with Crippen molar-refractivity contribution in [1.29, 1.82) is 0 Å². The molecule has 17 heavy (non-hydrogen) atoms. The minimum Gasteiger partial charge on any atom is -0.313 e. The number of rotatable bonds is 5. The van der Waals surface area contributed by atoms with Crippen LogP contribution < -0.4 is 5.32 Å². The zero-order valence-electron chi connectivity index (χ0n) is 11.5. The molecule has 0 aromatic heterocycles. The molecule has 98 valence electrons. The smallest absolute Gasteiger partial charge is 0.00674 e. The van der Waals surface area contributed by atoms with Crippen molar-refractivity contribution in [1.82, 2.24) is 5.32 Å². The summed E-state index contributed by atoms with van der Waals surface area (Å²) in [5.74, 6) is 2.14. The van der Waals surface area contributed by atoms with Crippen molar-refractivity contribution in [3.05, 3.63) is 0 Å². The Morgan fingerprint density at radius 3 is 2.47 bits per heavy atom. The van der Waals surface area contributed by atoms with Crippen molar-refractivity contribution in [3.8, 4) is 0 Å². The molecule has 2 atom stereocenters. The van der Waals surface area contributed by atoms with Gasteiger partial charge >= 0.3 is 0 Å². The van der Waals surface area contributed by atoms with Crippen LogP contribution in [0.15, 0.2) is 0 Å². The molecule has 3 saturated carbocycles. The maximum absolute atomic E-state index is 3.93. The van der Waals surface area contributed by atoms with Gasteiger partial charge in [-0.05, 0) is 62.2 Å². The third-order valence-electron chi connectivity index (χ3n) is 5.74. The largest absolute Gasteiger partial charge is 0.313 e. The van der Waals surface area contributed by atoms with E-state index in [-0.39, 0.29) is 0 Å². The molecule has 0 heterocycles. The molecule has 1 N–H and O–H groups in total. The van der Waals surface area contributed by atoms with Gasteiger partial charge in [-0.15, -0.1) is 0 Å². The molecular formula is C16H29N. The maximum atomic E-state index is 3.93. The molecule has 3 aliphatic rings. The summed E-state index contributed by atoms with van der Waals surface area (Å²) in [6.45, 7) is 3.71. The van der Waals surface area contributed by atoms with Gasteiger partial charge < -0.3 is 5.32 Å². The quantitative estimate of drug-likeness (QED) is 0.707. The van der Waals surface area contributed by atoms with Crippen LogP contribution in [0.25, 0.3) is 0 Å². The molecule has 0 aromatic carbocycles. The van der Waals surface area contributed by atoms with Gasteiger partial charge in [-0.1, -0.05) is 26.2 Å². The summed E-state index contributed by atoms with van der Waals surface area (Å²) in [7, 11) is 0. The Morgan fingerprint density at radius 1 is 1.00 bits per heavy atom. The Balaban J connectivity index is 1.42. The minimum absolute atomic E-state index is 0.788. The second-order valence-electron chi connectivity index (χ2n) is 7.00. The highest BCUT2D eigenvalue weighted by molar-refractivity contribution is 5.05. The number of hydrogen-bond donors (Lipinski definition) is 1. The molecule has 3 rings (SSSR count). The highest BCUT2D eigenvalue weighted by atomic mass is 14.9. The lowest BCUT2D eigenvalue weighted by Gasteiger charge is -2.21. The van der Waals surface area contributed by atoms with Crippen LogP contribution in [0.3, 0.4) is 0 Å². The van der Waals surface area contributed by atoms with E-state index in [1.807, 2.05) is 0 Å². The zero-order chi connectivity index (χ0) is 11.7. The first-order valence-corrected chi connectivity index (χ1v) is 8.06. The summed E-state index contributed by atoms with van der Waals surface area (Å²) in [5, 5.41) is 3.93. The predicted octanol–water partition coefficient (Wildman–Crippen LogP) is 4.13. The fraction of sp³-hybridized carbons (Fsp3) is 1.00. The Hall–Kier alpha value is -0.0400. The van der Waals surface area contributed by atoms with Crippen LogP contribution in [0, 0.1) is 17.3 Å².